The summed E-state index contributed by atoms with van der Waals surface area (Å²) in [4.78, 5) is 15.5. The molecule has 0 aromatic heterocycles. The summed E-state index contributed by atoms with van der Waals surface area (Å²) >= 11 is 0. The average Bonchev–Trinajstić information content (AvgIpc) is 0.676. The highest BCUT2D eigenvalue weighted by molar-refractivity contribution is 5.79. The fourth-order valence-electron chi connectivity index (χ4n) is 18.6. The quantitative estimate of drug-likeness (QED) is 0.0457. The van der Waals surface area contributed by atoms with Crippen LogP contribution in [0.3, 0.4) is 0 Å². The van der Waals surface area contributed by atoms with Crippen molar-refractivity contribution >= 4 is 5.97 Å². The second kappa shape index (κ2) is 26.7. The molecular weight excluding hydrogens is 1220 g/mol. The highest BCUT2D eigenvalue weighted by atomic mass is 16.8. The van der Waals surface area contributed by atoms with Crippen LogP contribution in [0.2, 0.25) is 0 Å². The first-order chi connectivity index (χ1) is 43.2. The summed E-state index contributed by atoms with van der Waals surface area (Å²) < 4.78 is 71.7. The van der Waals surface area contributed by atoms with E-state index >= 15 is 4.79 Å². The maximum absolute atomic E-state index is 15.5. The van der Waals surface area contributed by atoms with E-state index in [1.165, 1.54) is 12.5 Å². The monoisotopic (exact) mass is 1320 g/mol. The third-order valence-corrected chi connectivity index (χ3v) is 24.4. The third-order valence-electron chi connectivity index (χ3n) is 24.4. The van der Waals surface area contributed by atoms with Gasteiger partial charge in [-0.25, -0.2) is 0 Å². The Morgan fingerprint density at radius 1 is 0.489 bits per heavy atom. The van der Waals surface area contributed by atoms with E-state index in [9.17, 15) is 81.7 Å². The minimum atomic E-state index is -1.93. The third kappa shape index (κ3) is 12.2. The first-order valence-electron chi connectivity index (χ1n) is 32.9. The molecule has 0 aromatic rings. The van der Waals surface area contributed by atoms with Gasteiger partial charge < -0.3 is 139 Å². The fourth-order valence-corrected chi connectivity index (χ4v) is 18.6. The molecule has 35 atom stereocenters. The summed E-state index contributed by atoms with van der Waals surface area (Å²) in [5.41, 5.74) is -1.45. The largest absolute Gasteiger partial charge is 0.432 e. The number of hydrogen-bond acceptors (Lipinski definition) is 29. The summed E-state index contributed by atoms with van der Waals surface area (Å²) in [6.07, 6.45) is -34.9. The highest BCUT2D eigenvalue weighted by Gasteiger charge is 2.71. The molecule has 4 saturated carbocycles. The van der Waals surface area contributed by atoms with Gasteiger partial charge in [0.2, 0.25) is 6.29 Å². The molecule has 528 valence electrons. The Balaban J connectivity index is 0.779. The van der Waals surface area contributed by atoms with E-state index in [0.29, 0.717) is 38.5 Å². The van der Waals surface area contributed by atoms with E-state index in [2.05, 4.69) is 54.5 Å². The van der Waals surface area contributed by atoms with Crippen LogP contribution >= 0.6 is 0 Å². The summed E-state index contributed by atoms with van der Waals surface area (Å²) in [7, 11) is 0. The predicted molar refractivity (Wildman–Crippen MR) is 309 cm³/mol. The van der Waals surface area contributed by atoms with E-state index < -0.39 is 222 Å². The molecule has 0 aromatic carbocycles. The molecule has 10 fully saturated rings. The van der Waals surface area contributed by atoms with Crippen LogP contribution in [0.5, 0.6) is 0 Å². The lowest BCUT2D eigenvalue weighted by molar-refractivity contribution is -0.378. The molecule has 6 aliphatic heterocycles. The van der Waals surface area contributed by atoms with Crippen molar-refractivity contribution in [2.75, 3.05) is 33.0 Å². The second-order valence-electron chi connectivity index (χ2n) is 30.5. The number of rotatable bonds is 14. The average molecular weight is 1320 g/mol. The van der Waals surface area contributed by atoms with Gasteiger partial charge in [0, 0.05) is 0 Å². The van der Waals surface area contributed by atoms with E-state index in [1.54, 1.807) is 0 Å². The number of esters is 1. The van der Waals surface area contributed by atoms with Gasteiger partial charge >= 0.3 is 5.97 Å². The van der Waals surface area contributed by atoms with Crippen molar-refractivity contribution in [1.82, 2.24) is 0 Å². The van der Waals surface area contributed by atoms with Gasteiger partial charge in [0.05, 0.1) is 50.7 Å². The first-order valence-corrected chi connectivity index (χ1v) is 32.9. The van der Waals surface area contributed by atoms with E-state index in [4.69, 9.17) is 56.8 Å². The molecule has 27 unspecified atom stereocenters. The molecule has 16 N–H and O–H groups in total. The lowest BCUT2D eigenvalue weighted by atomic mass is 9.33. The van der Waals surface area contributed by atoms with Gasteiger partial charge in [-0.15, -0.1) is 0 Å². The van der Waals surface area contributed by atoms with Gasteiger partial charge in [-0.05, 0) is 116 Å². The maximum atomic E-state index is 15.5. The summed E-state index contributed by atoms with van der Waals surface area (Å²) in [6.45, 7) is 14.6. The number of fused-ring (bicyclic) bond motifs is 7. The standard InChI is InChI=1S/C63H102O29/c1-25-47(88-52-46(79)48(30(68)24-82-52)89-51-43(76)36(69)28(66)22-81-51)42(75)45(78)53(84-25)90-49-37(70)29(67)23-83-55(49)92-57(80)63-17-15-58(2,3)19-27(63)26-9-10-34-60(6)13-12-35(59(4,5)33(60)11-14-62(34,8)61(26,7)16-18-63)87-56-50(41(74)39(72)32(21-65)86-56)91-54-44(77)40(73)38(71)31(20-64)85-54/h9,25,27-56,64-79H,10-24H2,1-8H3/t25?,27-,28?,29?,30?,31?,32?,33-,34+,35-,36?,37?,38?,39?,40?,41?,42?,43?,44?,45?,46?,47?,48?,49?,50?,51?,52?,53?,54?,55?,56?,60-,61+,62+,63-/m0/s1. The molecule has 29 heteroatoms. The Morgan fingerprint density at radius 2 is 1.01 bits per heavy atom. The Kier molecular flexibility index (Phi) is 20.7. The summed E-state index contributed by atoms with van der Waals surface area (Å²) in [6, 6.07) is 0. The number of aliphatic hydroxyl groups is 16. The van der Waals surface area contributed by atoms with Crippen molar-refractivity contribution < 1.29 is 143 Å². The van der Waals surface area contributed by atoms with Crippen LogP contribution in [-0.4, -0.2) is 293 Å². The molecule has 6 heterocycles. The van der Waals surface area contributed by atoms with Crippen molar-refractivity contribution in [3.8, 4) is 0 Å². The zero-order valence-corrected chi connectivity index (χ0v) is 53.5. The lowest BCUT2D eigenvalue weighted by Gasteiger charge is -2.71. The summed E-state index contributed by atoms with van der Waals surface area (Å²) in [5, 5.41) is 173. The Hall–Kier alpha value is -1.87. The van der Waals surface area contributed by atoms with Gasteiger partial charge in [0.25, 0.3) is 0 Å². The molecule has 11 aliphatic rings. The predicted octanol–water partition coefficient (Wildman–Crippen LogP) is -3.44. The Bertz CT molecular complexity index is 2580. The van der Waals surface area contributed by atoms with Gasteiger partial charge in [-0.3, -0.25) is 4.79 Å². The van der Waals surface area contributed by atoms with E-state index in [-0.39, 0.29) is 39.4 Å². The minimum Gasteiger partial charge on any atom is -0.432 e. The van der Waals surface area contributed by atoms with Gasteiger partial charge in [0.15, 0.2) is 37.6 Å². The maximum Gasteiger partial charge on any atom is 0.315 e. The van der Waals surface area contributed by atoms with Crippen LogP contribution in [0.15, 0.2) is 11.6 Å². The van der Waals surface area contributed by atoms with Crippen LogP contribution in [-0.2, 0) is 61.6 Å². The highest BCUT2D eigenvalue weighted by Crippen LogP contribution is 2.76. The molecule has 29 nitrogen and oxygen atoms in total. The molecule has 0 amide bonds. The molecule has 0 bridgehead atoms. The van der Waals surface area contributed by atoms with Crippen LogP contribution in [0.1, 0.15) is 120 Å². The van der Waals surface area contributed by atoms with Crippen molar-refractivity contribution in [2.24, 2.45) is 50.2 Å². The van der Waals surface area contributed by atoms with Crippen LogP contribution in [0, 0.1) is 50.2 Å². The number of hydrogen-bond donors (Lipinski definition) is 16. The molecule has 6 saturated heterocycles. The Morgan fingerprint density at radius 3 is 1.67 bits per heavy atom. The van der Waals surface area contributed by atoms with Crippen molar-refractivity contribution in [3.05, 3.63) is 11.6 Å². The number of aliphatic hydroxyl groups excluding tert-OH is 16. The molecular formula is C63H102O29. The van der Waals surface area contributed by atoms with Crippen LogP contribution < -0.4 is 0 Å². The van der Waals surface area contributed by atoms with Gasteiger partial charge in [-0.1, -0.05) is 60.1 Å². The van der Waals surface area contributed by atoms with Gasteiger partial charge in [0.1, 0.15) is 116 Å². The fraction of sp³-hybridized carbons (Fsp3) is 0.952. The van der Waals surface area contributed by atoms with Crippen molar-refractivity contribution in [2.45, 2.75) is 292 Å². The topological polar surface area (TPSA) is 452 Å². The molecule has 0 radical (unpaired) electrons. The molecule has 5 aliphatic carbocycles. The summed E-state index contributed by atoms with van der Waals surface area (Å²) in [5.74, 6) is -0.582. The number of ether oxygens (including phenoxy) is 12. The lowest BCUT2D eigenvalue weighted by Crippen LogP contribution is -2.67. The molecule has 0 spiro atoms. The normalized spacial score (nSPS) is 54.3. The van der Waals surface area contributed by atoms with Crippen molar-refractivity contribution in [3.63, 3.8) is 0 Å². The second-order valence-corrected chi connectivity index (χ2v) is 30.5. The zero-order chi connectivity index (χ0) is 66.9. The smallest absolute Gasteiger partial charge is 0.315 e. The number of carbonyl (C=O) groups is 1. The van der Waals surface area contributed by atoms with Crippen molar-refractivity contribution in [1.29, 1.82) is 0 Å². The molecule has 92 heavy (non-hydrogen) atoms. The SMILES string of the molecule is CC1OC(OC2C(OC(=O)[C@]34CCC(C)(C)C[C@H]3C3=CC[C@@H]5[C@@]6(C)CC[C@H](OC7OC(CO)C(O)C(O)C7OC7OC(CO)C(O)C(O)C7O)C(C)(C)[C@@H]6CC[C@@]5(C)[C@]3(C)CC4)OCC(O)C2O)C(O)C(O)C1OC1OCC(O)C(OC2OCC(O)C(O)C2O)C1O. The van der Waals surface area contributed by atoms with E-state index in [0.717, 1.165) is 25.7 Å². The molecule has 11 rings (SSSR count). The first kappa shape index (κ1) is 71.4. The van der Waals surface area contributed by atoms with Gasteiger partial charge in [-0.2, -0.15) is 0 Å². The number of carbonyl (C=O) groups excluding carboxylic acids is 1. The minimum absolute atomic E-state index is 0.0832. The van der Waals surface area contributed by atoms with E-state index in [1.807, 2.05) is 0 Å². The van der Waals surface area contributed by atoms with Crippen LogP contribution in [0.25, 0.3) is 0 Å². The zero-order valence-electron chi connectivity index (χ0n) is 53.5. The number of allylic oxidation sites excluding steroid dienone is 2. The van der Waals surface area contributed by atoms with Crippen LogP contribution in [0.4, 0.5) is 0 Å². The Labute approximate surface area is 534 Å².